The van der Waals surface area contributed by atoms with E-state index in [1.54, 1.807) is 7.11 Å². The third-order valence-corrected chi connectivity index (χ3v) is 5.32. The number of methoxy groups -OCH3 is 1. The molecule has 0 aromatic heterocycles. The Kier molecular flexibility index (Phi) is 6.52. The molecule has 0 amide bonds. The predicted molar refractivity (Wildman–Crippen MR) is 91.7 cm³/mol. The number of nitrogens with two attached hydrogens (primary N) is 1. The van der Waals surface area contributed by atoms with Crippen molar-refractivity contribution in [2.45, 2.75) is 51.1 Å². The van der Waals surface area contributed by atoms with Gasteiger partial charge in [-0.3, -0.25) is 4.90 Å². The van der Waals surface area contributed by atoms with Crippen LogP contribution in [-0.4, -0.2) is 31.1 Å². The molecular formula is C17H27BrN2O. The Bertz CT molecular complexity index is 446. The molecule has 1 aromatic carbocycles. The van der Waals surface area contributed by atoms with E-state index in [1.165, 1.54) is 37.7 Å². The molecule has 1 atom stereocenters. The number of rotatable bonds is 6. The van der Waals surface area contributed by atoms with Crippen molar-refractivity contribution in [3.63, 3.8) is 0 Å². The van der Waals surface area contributed by atoms with E-state index in [0.717, 1.165) is 16.8 Å². The predicted octanol–water partition coefficient (Wildman–Crippen LogP) is 4.11. The van der Waals surface area contributed by atoms with Gasteiger partial charge in [-0.25, -0.2) is 0 Å². The fraction of sp³-hybridized carbons (Fsp3) is 0.647. The van der Waals surface area contributed by atoms with Gasteiger partial charge in [0.15, 0.2) is 0 Å². The quantitative estimate of drug-likeness (QED) is 0.835. The highest BCUT2D eigenvalue weighted by Crippen LogP contribution is 2.34. The topological polar surface area (TPSA) is 38.5 Å². The van der Waals surface area contributed by atoms with Crippen LogP contribution in [0.15, 0.2) is 22.7 Å². The van der Waals surface area contributed by atoms with E-state index in [4.69, 9.17) is 10.5 Å². The maximum Gasteiger partial charge on any atom is 0.119 e. The van der Waals surface area contributed by atoms with Gasteiger partial charge in [0.25, 0.3) is 0 Å². The normalized spacial score (nSPS) is 18.0. The molecule has 3 nitrogen and oxygen atoms in total. The Morgan fingerprint density at radius 2 is 2.05 bits per heavy atom. The second kappa shape index (κ2) is 8.16. The molecule has 0 heterocycles. The monoisotopic (exact) mass is 354 g/mol. The Morgan fingerprint density at radius 3 is 2.62 bits per heavy atom. The van der Waals surface area contributed by atoms with Crippen LogP contribution < -0.4 is 10.5 Å². The smallest absolute Gasteiger partial charge is 0.119 e. The highest BCUT2D eigenvalue weighted by atomic mass is 79.9. The van der Waals surface area contributed by atoms with Crippen molar-refractivity contribution in [1.82, 2.24) is 4.90 Å². The van der Waals surface area contributed by atoms with E-state index >= 15 is 0 Å². The molecule has 4 heteroatoms. The minimum absolute atomic E-state index is 0.252. The van der Waals surface area contributed by atoms with E-state index < -0.39 is 0 Å². The molecule has 1 aliphatic rings. The number of hydrogen-bond donors (Lipinski definition) is 1. The average molecular weight is 355 g/mol. The summed E-state index contributed by atoms with van der Waals surface area (Å²) in [5.74, 6) is 0.895. The van der Waals surface area contributed by atoms with Crippen molar-refractivity contribution < 1.29 is 4.74 Å². The van der Waals surface area contributed by atoms with Gasteiger partial charge in [0.1, 0.15) is 5.75 Å². The summed E-state index contributed by atoms with van der Waals surface area (Å²) in [6.45, 7) is 3.91. The van der Waals surface area contributed by atoms with Crippen LogP contribution >= 0.6 is 15.9 Å². The van der Waals surface area contributed by atoms with Crippen LogP contribution in [0.3, 0.4) is 0 Å². The van der Waals surface area contributed by atoms with Gasteiger partial charge in [-0.2, -0.15) is 0 Å². The van der Waals surface area contributed by atoms with Crippen molar-refractivity contribution in [2.24, 2.45) is 5.73 Å². The molecule has 1 saturated carbocycles. The summed E-state index contributed by atoms with van der Waals surface area (Å²) in [5, 5.41) is 0. The van der Waals surface area contributed by atoms with E-state index in [2.05, 4.69) is 39.9 Å². The SMILES string of the molecule is CCN(C1CCCCC1)C(CN)c1cc(OC)ccc1Br. The maximum absolute atomic E-state index is 6.15. The van der Waals surface area contributed by atoms with Gasteiger partial charge in [0.2, 0.25) is 0 Å². The first-order chi connectivity index (χ1) is 10.2. The minimum atomic E-state index is 0.252. The third-order valence-electron chi connectivity index (χ3n) is 4.59. The molecule has 1 aliphatic carbocycles. The molecule has 2 N–H and O–H groups in total. The van der Waals surface area contributed by atoms with E-state index in [0.29, 0.717) is 12.6 Å². The van der Waals surface area contributed by atoms with Crippen molar-refractivity contribution in [1.29, 1.82) is 0 Å². The second-order valence-corrected chi connectivity index (χ2v) is 6.62. The van der Waals surface area contributed by atoms with Crippen LogP contribution in [0, 0.1) is 0 Å². The second-order valence-electron chi connectivity index (χ2n) is 5.76. The molecule has 0 bridgehead atoms. The molecule has 2 rings (SSSR count). The summed E-state index contributed by atoms with van der Waals surface area (Å²) in [6.07, 6.45) is 6.66. The number of likely N-dealkylation sites (N-methyl/N-ethyl adjacent to an activating group) is 1. The lowest BCUT2D eigenvalue weighted by Crippen LogP contribution is -2.42. The number of halogens is 1. The lowest BCUT2D eigenvalue weighted by atomic mass is 9.92. The summed E-state index contributed by atoms with van der Waals surface area (Å²) >= 11 is 3.68. The molecule has 118 valence electrons. The van der Waals surface area contributed by atoms with E-state index in [9.17, 15) is 0 Å². The minimum Gasteiger partial charge on any atom is -0.497 e. The zero-order valence-corrected chi connectivity index (χ0v) is 14.7. The van der Waals surface area contributed by atoms with Gasteiger partial charge in [-0.1, -0.05) is 42.1 Å². The van der Waals surface area contributed by atoms with Crippen LogP contribution in [0.1, 0.15) is 50.6 Å². The fourth-order valence-corrected chi connectivity index (χ4v) is 4.00. The van der Waals surface area contributed by atoms with Gasteiger partial charge in [-0.05, 0) is 43.1 Å². The number of benzene rings is 1. The first-order valence-corrected chi connectivity index (χ1v) is 8.79. The van der Waals surface area contributed by atoms with Gasteiger partial charge in [0.05, 0.1) is 7.11 Å². The average Bonchev–Trinajstić information content (AvgIpc) is 2.54. The third kappa shape index (κ3) is 3.99. The summed E-state index contributed by atoms with van der Waals surface area (Å²) in [4.78, 5) is 2.58. The van der Waals surface area contributed by atoms with Crippen LogP contribution in [0.2, 0.25) is 0 Å². The molecule has 1 unspecified atom stereocenters. The van der Waals surface area contributed by atoms with Crippen LogP contribution in [-0.2, 0) is 0 Å². The fourth-order valence-electron chi connectivity index (χ4n) is 3.49. The molecule has 1 fully saturated rings. The van der Waals surface area contributed by atoms with Gasteiger partial charge in [0, 0.05) is 23.1 Å². The molecule has 1 aromatic rings. The van der Waals surface area contributed by atoms with E-state index in [1.807, 2.05) is 6.07 Å². The van der Waals surface area contributed by atoms with Crippen molar-refractivity contribution >= 4 is 15.9 Å². The van der Waals surface area contributed by atoms with Crippen LogP contribution in [0.5, 0.6) is 5.75 Å². The summed E-state index contributed by atoms with van der Waals surface area (Å²) < 4.78 is 6.50. The molecule has 0 spiro atoms. The molecule has 0 radical (unpaired) electrons. The number of hydrogen-bond acceptors (Lipinski definition) is 3. The van der Waals surface area contributed by atoms with Crippen molar-refractivity contribution in [3.8, 4) is 5.75 Å². The molecular weight excluding hydrogens is 328 g/mol. The van der Waals surface area contributed by atoms with Gasteiger partial charge >= 0.3 is 0 Å². The lowest BCUT2D eigenvalue weighted by molar-refractivity contribution is 0.113. The Balaban J connectivity index is 2.27. The van der Waals surface area contributed by atoms with Gasteiger partial charge < -0.3 is 10.5 Å². The maximum atomic E-state index is 6.15. The largest absolute Gasteiger partial charge is 0.497 e. The summed E-state index contributed by atoms with van der Waals surface area (Å²) in [6, 6.07) is 7.08. The summed E-state index contributed by atoms with van der Waals surface area (Å²) in [7, 11) is 1.71. The van der Waals surface area contributed by atoms with Crippen LogP contribution in [0.4, 0.5) is 0 Å². The standard InChI is InChI=1S/C17H27BrN2O/c1-3-20(13-7-5-4-6-8-13)17(12-19)15-11-14(21-2)9-10-16(15)18/h9-11,13,17H,3-8,12,19H2,1-2H3. The molecule has 21 heavy (non-hydrogen) atoms. The molecule has 0 aliphatic heterocycles. The summed E-state index contributed by atoms with van der Waals surface area (Å²) in [5.41, 5.74) is 7.39. The number of ether oxygens (including phenoxy) is 1. The first kappa shape index (κ1) is 16.8. The Hall–Kier alpha value is -0.580. The Morgan fingerprint density at radius 1 is 1.33 bits per heavy atom. The zero-order valence-electron chi connectivity index (χ0n) is 13.1. The van der Waals surface area contributed by atoms with Crippen LogP contribution in [0.25, 0.3) is 0 Å². The molecule has 0 saturated heterocycles. The van der Waals surface area contributed by atoms with Crippen molar-refractivity contribution in [3.05, 3.63) is 28.2 Å². The Labute approximate surface area is 137 Å². The van der Waals surface area contributed by atoms with Gasteiger partial charge in [-0.15, -0.1) is 0 Å². The zero-order chi connectivity index (χ0) is 15.2. The lowest BCUT2D eigenvalue weighted by Gasteiger charge is -2.39. The highest BCUT2D eigenvalue weighted by molar-refractivity contribution is 9.10. The van der Waals surface area contributed by atoms with Crippen molar-refractivity contribution in [2.75, 3.05) is 20.2 Å². The first-order valence-electron chi connectivity index (χ1n) is 8.00. The van der Waals surface area contributed by atoms with E-state index in [-0.39, 0.29) is 6.04 Å². The number of nitrogens with zero attached hydrogens (tertiary/aromatic N) is 1. The highest BCUT2D eigenvalue weighted by Gasteiger charge is 2.28.